The lowest BCUT2D eigenvalue weighted by Gasteiger charge is -2.38. The molecule has 2 aliphatic heterocycles. The van der Waals surface area contributed by atoms with Gasteiger partial charge in [0.2, 0.25) is 5.91 Å². The zero-order valence-electron chi connectivity index (χ0n) is 18.5. The zero-order valence-corrected chi connectivity index (χ0v) is 18.5. The van der Waals surface area contributed by atoms with E-state index in [1.54, 1.807) is 17.0 Å². The van der Waals surface area contributed by atoms with Crippen LogP contribution in [0, 0.1) is 5.82 Å². The van der Waals surface area contributed by atoms with Gasteiger partial charge in [-0.3, -0.25) is 14.3 Å². The van der Waals surface area contributed by atoms with Crippen LogP contribution in [0.5, 0.6) is 0 Å². The second-order valence-corrected chi connectivity index (χ2v) is 8.84. The number of benzene rings is 1. The molecule has 184 valence electrons. The molecule has 4 heterocycles. The van der Waals surface area contributed by atoms with Crippen LogP contribution in [-0.2, 0) is 11.3 Å². The van der Waals surface area contributed by atoms with E-state index in [9.17, 15) is 27.2 Å². The van der Waals surface area contributed by atoms with Crippen LogP contribution in [0.4, 0.5) is 23.4 Å². The third kappa shape index (κ3) is 4.17. The minimum atomic E-state index is -4.50. The minimum absolute atomic E-state index is 0.0165. The van der Waals surface area contributed by atoms with Crippen molar-refractivity contribution < 1.29 is 27.2 Å². The van der Waals surface area contributed by atoms with Gasteiger partial charge < -0.3 is 15.5 Å². The highest BCUT2D eigenvalue weighted by atomic mass is 19.4. The number of anilines is 1. The Labute approximate surface area is 197 Å². The van der Waals surface area contributed by atoms with E-state index in [0.29, 0.717) is 16.8 Å². The first kappa shape index (κ1) is 23.1. The van der Waals surface area contributed by atoms with Crippen molar-refractivity contribution in [1.82, 2.24) is 24.6 Å². The van der Waals surface area contributed by atoms with Gasteiger partial charge >= 0.3 is 6.18 Å². The fourth-order valence-electron chi connectivity index (χ4n) is 4.83. The monoisotopic (exact) mass is 490 g/mol. The number of fused-ring (bicyclic) bond motifs is 1. The van der Waals surface area contributed by atoms with Crippen molar-refractivity contribution in [2.45, 2.75) is 37.5 Å². The maximum Gasteiger partial charge on any atom is 0.408 e. The predicted octanol–water partition coefficient (Wildman–Crippen LogP) is 2.95. The molecule has 12 heteroatoms. The molecule has 0 bridgehead atoms. The summed E-state index contributed by atoms with van der Waals surface area (Å²) in [5.74, 6) is -1.58. The molecule has 2 fully saturated rings. The third-order valence-electron chi connectivity index (χ3n) is 6.57. The Bertz CT molecular complexity index is 1300. The minimum Gasteiger partial charge on any atom is -0.384 e. The lowest BCUT2D eigenvalue weighted by Crippen LogP contribution is -2.48. The summed E-state index contributed by atoms with van der Waals surface area (Å²) in [5.41, 5.74) is 6.72. The van der Waals surface area contributed by atoms with Gasteiger partial charge in [-0.1, -0.05) is 6.07 Å². The number of aromatic nitrogens is 3. The molecule has 0 saturated carbocycles. The largest absolute Gasteiger partial charge is 0.408 e. The molecule has 0 unspecified atom stereocenters. The van der Waals surface area contributed by atoms with Crippen LogP contribution in [0.3, 0.4) is 0 Å². The molecule has 2 aromatic heterocycles. The van der Waals surface area contributed by atoms with E-state index >= 15 is 0 Å². The number of halogens is 4. The average Bonchev–Trinajstić information content (AvgIpc) is 3.39. The van der Waals surface area contributed by atoms with Crippen molar-refractivity contribution in [3.8, 4) is 0 Å². The summed E-state index contributed by atoms with van der Waals surface area (Å²) < 4.78 is 56.0. The van der Waals surface area contributed by atoms with Crippen LogP contribution in [0.25, 0.3) is 10.9 Å². The van der Waals surface area contributed by atoms with Gasteiger partial charge in [-0.15, -0.1) is 0 Å². The van der Waals surface area contributed by atoms with Gasteiger partial charge in [0, 0.05) is 37.3 Å². The summed E-state index contributed by atoms with van der Waals surface area (Å²) >= 11 is 0. The number of amides is 2. The quantitative estimate of drug-likeness (QED) is 0.568. The molecule has 1 aromatic carbocycles. The highest BCUT2D eigenvalue weighted by Gasteiger charge is 2.47. The van der Waals surface area contributed by atoms with Crippen LogP contribution in [0.1, 0.15) is 34.8 Å². The van der Waals surface area contributed by atoms with Crippen molar-refractivity contribution >= 4 is 28.5 Å². The van der Waals surface area contributed by atoms with Gasteiger partial charge in [-0.2, -0.15) is 18.3 Å². The molecule has 0 aliphatic carbocycles. The molecule has 2 aliphatic rings. The number of nitrogens with two attached hydrogens (primary N) is 1. The Morgan fingerprint density at radius 3 is 2.66 bits per heavy atom. The molecule has 2 N–H and O–H groups in total. The number of nitrogen functional groups attached to an aromatic ring is 1. The zero-order chi connectivity index (χ0) is 24.9. The fraction of sp³-hybridized carbons (Fsp3) is 0.391. The lowest BCUT2D eigenvalue weighted by molar-refractivity contribution is -0.183. The predicted molar refractivity (Wildman–Crippen MR) is 118 cm³/mol. The van der Waals surface area contributed by atoms with Crippen molar-refractivity contribution in [3.05, 3.63) is 53.6 Å². The van der Waals surface area contributed by atoms with Crippen LogP contribution in [0.15, 0.2) is 36.5 Å². The Morgan fingerprint density at radius 1 is 1.17 bits per heavy atom. The smallest absolute Gasteiger partial charge is 0.384 e. The summed E-state index contributed by atoms with van der Waals surface area (Å²) in [4.78, 5) is 31.7. The van der Waals surface area contributed by atoms with E-state index in [1.807, 2.05) is 0 Å². The van der Waals surface area contributed by atoms with E-state index in [4.69, 9.17) is 5.73 Å². The molecular formula is C23H22F4N6O2. The van der Waals surface area contributed by atoms with Gasteiger partial charge in [0.05, 0.1) is 16.6 Å². The fourth-order valence-corrected chi connectivity index (χ4v) is 4.83. The molecule has 8 nitrogen and oxygen atoms in total. The molecular weight excluding hydrogens is 468 g/mol. The van der Waals surface area contributed by atoms with Gasteiger partial charge in [-0.25, -0.2) is 9.37 Å². The summed E-state index contributed by atoms with van der Waals surface area (Å²) in [5, 5.41) is 4.64. The number of carbonyl (C=O) groups is 2. The first-order chi connectivity index (χ1) is 16.6. The number of nitrogens with zero attached hydrogens (tertiary/aromatic N) is 5. The van der Waals surface area contributed by atoms with E-state index in [-0.39, 0.29) is 55.5 Å². The molecule has 0 spiro atoms. The first-order valence-electron chi connectivity index (χ1n) is 11.2. The second kappa shape index (κ2) is 8.51. The van der Waals surface area contributed by atoms with Gasteiger partial charge in [-0.05, 0) is 37.1 Å². The van der Waals surface area contributed by atoms with Crippen LogP contribution >= 0.6 is 0 Å². The van der Waals surface area contributed by atoms with Gasteiger partial charge in [0.15, 0.2) is 0 Å². The second-order valence-electron chi connectivity index (χ2n) is 8.84. The highest BCUT2D eigenvalue weighted by molar-refractivity contribution is 5.95. The van der Waals surface area contributed by atoms with Crippen LogP contribution in [-0.4, -0.2) is 68.2 Å². The number of hydrogen-bond donors (Lipinski definition) is 1. The molecule has 3 aromatic rings. The highest BCUT2D eigenvalue weighted by Crippen LogP contribution is 2.35. The molecule has 35 heavy (non-hydrogen) atoms. The number of likely N-dealkylation sites (tertiary alicyclic amines) is 2. The Morgan fingerprint density at radius 2 is 1.94 bits per heavy atom. The number of alkyl halides is 3. The third-order valence-corrected chi connectivity index (χ3v) is 6.57. The molecule has 2 saturated heterocycles. The summed E-state index contributed by atoms with van der Waals surface area (Å²) in [6.45, 7) is 0.135. The molecule has 0 radical (unpaired) electrons. The first-order valence-corrected chi connectivity index (χ1v) is 11.2. The molecule has 5 rings (SSSR count). The Hall–Kier alpha value is -3.70. The van der Waals surface area contributed by atoms with Gasteiger partial charge in [0.1, 0.15) is 24.2 Å². The van der Waals surface area contributed by atoms with Crippen molar-refractivity contribution in [2.24, 2.45) is 0 Å². The Kier molecular flexibility index (Phi) is 5.60. The summed E-state index contributed by atoms with van der Waals surface area (Å²) in [6.07, 6.45) is -2.93. The topological polar surface area (TPSA) is 97.3 Å². The van der Waals surface area contributed by atoms with Crippen molar-refractivity contribution in [1.29, 1.82) is 0 Å². The SMILES string of the molecule is Nc1cc(C(=O)N2CC(c3nn(CC(=O)N4CCC[C@H]4C(F)(F)F)c4cccc(F)c34)C2)ccn1. The number of rotatable bonds is 4. The van der Waals surface area contributed by atoms with Crippen LogP contribution in [0.2, 0.25) is 0 Å². The standard InChI is InChI=1S/C23H22F4N6O2/c24-15-3-1-4-16-20(15)21(14-10-31(11-14)22(35)13-6-7-29-18(28)9-13)30-33(16)12-19(34)32-8-2-5-17(32)23(25,26)27/h1,3-4,6-7,9,14,17H,2,5,8,10-12H2,(H2,28,29)/t17-/m0/s1. The van der Waals surface area contributed by atoms with Crippen molar-refractivity contribution in [2.75, 3.05) is 25.4 Å². The maximum atomic E-state index is 14.8. The Balaban J connectivity index is 1.37. The summed E-state index contributed by atoms with van der Waals surface area (Å²) in [7, 11) is 0. The van der Waals surface area contributed by atoms with E-state index in [2.05, 4.69) is 10.1 Å². The van der Waals surface area contributed by atoms with Gasteiger partial charge in [0.25, 0.3) is 5.91 Å². The van der Waals surface area contributed by atoms with Crippen molar-refractivity contribution in [3.63, 3.8) is 0 Å². The molecule has 2 amide bonds. The number of pyridine rings is 1. The number of carbonyl (C=O) groups excluding carboxylic acids is 2. The lowest BCUT2D eigenvalue weighted by atomic mass is 9.93. The van der Waals surface area contributed by atoms with E-state index in [1.165, 1.54) is 29.1 Å². The normalized spacial score (nSPS) is 18.8. The summed E-state index contributed by atoms with van der Waals surface area (Å²) in [6, 6.07) is 5.51. The molecule has 1 atom stereocenters. The average molecular weight is 490 g/mol. The number of hydrogen-bond acceptors (Lipinski definition) is 5. The van der Waals surface area contributed by atoms with Crippen LogP contribution < -0.4 is 5.73 Å². The van der Waals surface area contributed by atoms with E-state index in [0.717, 1.165) is 4.90 Å². The maximum absolute atomic E-state index is 14.8. The van der Waals surface area contributed by atoms with E-state index < -0.39 is 30.5 Å².